The molecule has 0 bridgehead atoms. The van der Waals surface area contributed by atoms with Crippen molar-refractivity contribution in [3.8, 4) is 0 Å². The molecular weight excluding hydrogens is 166 g/mol. The molecule has 70 valence electrons. The lowest BCUT2D eigenvalue weighted by Gasteiger charge is -1.88. The summed E-state index contributed by atoms with van der Waals surface area (Å²) in [7, 11) is 0. The first kappa shape index (κ1) is 11.4. The Hall–Kier alpha value is -1.61. The second-order valence-electron chi connectivity index (χ2n) is 2.20. The van der Waals surface area contributed by atoms with Crippen molar-refractivity contribution in [2.45, 2.75) is 0 Å². The third-order valence-corrected chi connectivity index (χ3v) is 1.19. The highest BCUT2D eigenvalue weighted by Crippen LogP contribution is 1.96. The maximum Gasteiger partial charge on any atom is 0.335 e. The number of rotatable bonds is 2. The Kier molecular flexibility index (Phi) is 6.19. The highest BCUT2D eigenvalue weighted by atomic mass is 16.4. The van der Waals surface area contributed by atoms with Crippen LogP contribution in [0.2, 0.25) is 0 Å². The number of hydrogen-bond acceptors (Lipinski definition) is 2. The molecule has 3 N–H and O–H groups in total. The third kappa shape index (κ3) is 5.64. The van der Waals surface area contributed by atoms with Crippen LogP contribution < -0.4 is 5.73 Å². The van der Waals surface area contributed by atoms with Crippen molar-refractivity contribution in [2.24, 2.45) is 5.73 Å². The number of carboxylic acids is 1. The summed E-state index contributed by atoms with van der Waals surface area (Å²) in [5.41, 5.74) is 5.24. The van der Waals surface area contributed by atoms with Crippen LogP contribution in [0.4, 0.5) is 0 Å². The third-order valence-electron chi connectivity index (χ3n) is 1.19. The van der Waals surface area contributed by atoms with Gasteiger partial charge in [-0.3, -0.25) is 0 Å². The van der Waals surface area contributed by atoms with Gasteiger partial charge < -0.3 is 10.8 Å². The smallest absolute Gasteiger partial charge is 0.335 e. The van der Waals surface area contributed by atoms with E-state index in [0.29, 0.717) is 12.1 Å². The van der Waals surface area contributed by atoms with Crippen molar-refractivity contribution in [1.29, 1.82) is 0 Å². The van der Waals surface area contributed by atoms with Gasteiger partial charge in [-0.15, -0.1) is 6.58 Å². The van der Waals surface area contributed by atoms with Gasteiger partial charge in [0.05, 0.1) is 5.56 Å². The number of carbonyl (C=O) groups is 1. The molecule has 0 saturated carbocycles. The maximum absolute atomic E-state index is 10.2. The van der Waals surface area contributed by atoms with Gasteiger partial charge in [-0.1, -0.05) is 24.3 Å². The molecule has 0 saturated heterocycles. The van der Waals surface area contributed by atoms with Gasteiger partial charge >= 0.3 is 5.97 Å². The molecule has 0 amide bonds. The zero-order valence-electron chi connectivity index (χ0n) is 7.31. The van der Waals surface area contributed by atoms with E-state index in [1.807, 2.05) is 0 Å². The quantitative estimate of drug-likeness (QED) is 0.676. The predicted molar refractivity (Wildman–Crippen MR) is 52.7 cm³/mol. The van der Waals surface area contributed by atoms with Gasteiger partial charge in [0, 0.05) is 6.54 Å². The van der Waals surface area contributed by atoms with E-state index in [0.717, 1.165) is 0 Å². The standard InChI is InChI=1S/C7H6O2.C3H7N/c8-7(9)6-4-2-1-3-5-6;1-2-3-4/h1-5H,(H,8,9);2H,1,3-4H2. The SMILES string of the molecule is C=CCN.O=C(O)c1ccccc1. The molecule has 1 aromatic rings. The van der Waals surface area contributed by atoms with Crippen LogP contribution in [0.25, 0.3) is 0 Å². The molecule has 0 fully saturated rings. The van der Waals surface area contributed by atoms with Gasteiger partial charge in [0.15, 0.2) is 0 Å². The fourth-order valence-electron chi connectivity index (χ4n) is 0.581. The number of hydrogen-bond donors (Lipinski definition) is 2. The van der Waals surface area contributed by atoms with Gasteiger partial charge in [0.2, 0.25) is 0 Å². The van der Waals surface area contributed by atoms with Crippen LogP contribution in [-0.4, -0.2) is 17.6 Å². The van der Waals surface area contributed by atoms with Crippen LogP contribution in [0.5, 0.6) is 0 Å². The molecule has 0 aromatic heterocycles. The van der Waals surface area contributed by atoms with E-state index < -0.39 is 5.97 Å². The van der Waals surface area contributed by atoms with Crippen LogP contribution >= 0.6 is 0 Å². The van der Waals surface area contributed by atoms with Crippen molar-refractivity contribution in [3.05, 3.63) is 48.6 Å². The summed E-state index contributed by atoms with van der Waals surface area (Å²) in [4.78, 5) is 10.2. The minimum atomic E-state index is -0.879. The van der Waals surface area contributed by atoms with Crippen molar-refractivity contribution in [3.63, 3.8) is 0 Å². The van der Waals surface area contributed by atoms with E-state index in [4.69, 9.17) is 10.8 Å². The van der Waals surface area contributed by atoms with Crippen molar-refractivity contribution >= 4 is 5.97 Å². The highest BCUT2D eigenvalue weighted by Gasteiger charge is 1.96. The number of nitrogens with two attached hydrogens (primary N) is 1. The van der Waals surface area contributed by atoms with Gasteiger partial charge in [0.25, 0.3) is 0 Å². The Morgan fingerprint density at radius 3 is 2.15 bits per heavy atom. The van der Waals surface area contributed by atoms with Crippen LogP contribution in [0.15, 0.2) is 43.0 Å². The zero-order valence-corrected chi connectivity index (χ0v) is 7.31. The molecule has 0 aliphatic rings. The van der Waals surface area contributed by atoms with Crippen molar-refractivity contribution in [1.82, 2.24) is 0 Å². The molecular formula is C10H13NO2. The van der Waals surface area contributed by atoms with Crippen molar-refractivity contribution < 1.29 is 9.90 Å². The van der Waals surface area contributed by atoms with Crippen LogP contribution in [0, 0.1) is 0 Å². The zero-order chi connectivity index (χ0) is 10.1. The molecule has 0 radical (unpaired) electrons. The number of carboxylic acid groups (broad SMARTS) is 1. The molecule has 0 heterocycles. The summed E-state index contributed by atoms with van der Waals surface area (Å²) >= 11 is 0. The van der Waals surface area contributed by atoms with Gasteiger partial charge in [-0.2, -0.15) is 0 Å². The van der Waals surface area contributed by atoms with Gasteiger partial charge in [-0.25, -0.2) is 4.79 Å². The number of benzene rings is 1. The Morgan fingerprint density at radius 1 is 1.46 bits per heavy atom. The molecule has 1 rings (SSSR count). The first-order valence-corrected chi connectivity index (χ1v) is 3.81. The van der Waals surface area contributed by atoms with E-state index >= 15 is 0 Å². The lowest BCUT2D eigenvalue weighted by atomic mass is 10.2. The van der Waals surface area contributed by atoms with Crippen LogP contribution in [-0.2, 0) is 0 Å². The van der Waals surface area contributed by atoms with Gasteiger partial charge in [0.1, 0.15) is 0 Å². The first-order chi connectivity index (χ1) is 6.22. The van der Waals surface area contributed by atoms with Gasteiger partial charge in [-0.05, 0) is 12.1 Å². The second-order valence-corrected chi connectivity index (χ2v) is 2.20. The average Bonchev–Trinajstić information content (AvgIpc) is 2.19. The monoisotopic (exact) mass is 179 g/mol. The van der Waals surface area contributed by atoms with E-state index in [9.17, 15) is 4.79 Å². The Labute approximate surface area is 77.5 Å². The molecule has 0 aliphatic carbocycles. The molecule has 3 nitrogen and oxygen atoms in total. The van der Waals surface area contributed by atoms with E-state index in [1.165, 1.54) is 0 Å². The molecule has 0 spiro atoms. The maximum atomic E-state index is 10.2. The lowest BCUT2D eigenvalue weighted by Crippen LogP contribution is -1.93. The normalized spacial score (nSPS) is 8.08. The van der Waals surface area contributed by atoms with E-state index in [2.05, 4.69) is 6.58 Å². The summed E-state index contributed by atoms with van der Waals surface area (Å²) in [5, 5.41) is 8.38. The molecule has 0 atom stereocenters. The topological polar surface area (TPSA) is 63.3 Å². The van der Waals surface area contributed by atoms with E-state index in [1.54, 1.807) is 36.4 Å². The van der Waals surface area contributed by atoms with Crippen LogP contribution in [0.1, 0.15) is 10.4 Å². The second kappa shape index (κ2) is 7.06. The van der Waals surface area contributed by atoms with E-state index in [-0.39, 0.29) is 0 Å². The molecule has 13 heavy (non-hydrogen) atoms. The van der Waals surface area contributed by atoms with Crippen LogP contribution in [0.3, 0.4) is 0 Å². The molecule has 0 unspecified atom stereocenters. The fraction of sp³-hybridized carbons (Fsp3) is 0.100. The largest absolute Gasteiger partial charge is 0.478 e. The minimum absolute atomic E-state index is 0.331. The lowest BCUT2D eigenvalue weighted by molar-refractivity contribution is 0.0697. The first-order valence-electron chi connectivity index (χ1n) is 3.81. The minimum Gasteiger partial charge on any atom is -0.478 e. The molecule has 1 aromatic carbocycles. The molecule has 3 heteroatoms. The molecule has 0 aliphatic heterocycles. The Balaban J connectivity index is 0.000000310. The Bertz CT molecular complexity index is 257. The van der Waals surface area contributed by atoms with Crippen molar-refractivity contribution in [2.75, 3.05) is 6.54 Å². The summed E-state index contributed by atoms with van der Waals surface area (Å²) in [6, 6.07) is 8.30. The summed E-state index contributed by atoms with van der Waals surface area (Å²) in [5.74, 6) is -0.879. The fourth-order valence-corrected chi connectivity index (χ4v) is 0.581. The summed E-state index contributed by atoms with van der Waals surface area (Å²) in [6.45, 7) is 3.94. The Morgan fingerprint density at radius 2 is 1.92 bits per heavy atom. The summed E-state index contributed by atoms with van der Waals surface area (Å²) in [6.07, 6.45) is 1.65. The highest BCUT2D eigenvalue weighted by molar-refractivity contribution is 5.87. The predicted octanol–water partition coefficient (Wildman–Crippen LogP) is 1.52. The summed E-state index contributed by atoms with van der Waals surface area (Å²) < 4.78 is 0. The average molecular weight is 179 g/mol. The number of aromatic carboxylic acids is 1.